The number of hydrogen-bond donors (Lipinski definition) is 2. The number of rotatable bonds is 4. The van der Waals surface area contributed by atoms with Gasteiger partial charge in [-0.2, -0.15) is 0 Å². The molecule has 2 rings (SSSR count). The Hall–Kier alpha value is -1.25. The topological polar surface area (TPSA) is 88.0 Å². The largest absolute Gasteiger partial charge is 0.395 e. The highest BCUT2D eigenvalue weighted by Crippen LogP contribution is 2.26. The second-order valence-corrected chi connectivity index (χ2v) is 4.81. The molecule has 0 fully saturated rings. The molecule has 0 radical (unpaired) electrons. The molecular weight excluding hydrogens is 260 g/mol. The molecule has 0 saturated carbocycles. The fourth-order valence-electron chi connectivity index (χ4n) is 1.23. The number of thioether (sulfide) groups is 1. The Morgan fingerprint density at radius 1 is 1.59 bits per heavy atom. The fourth-order valence-corrected chi connectivity index (χ4v) is 2.60. The maximum Gasteiger partial charge on any atom is 0.280 e. The fraction of sp³-hybridized carbons (Fsp3) is 0.333. The first kappa shape index (κ1) is 12.2. The van der Waals surface area contributed by atoms with Crippen molar-refractivity contribution in [1.82, 2.24) is 20.3 Å². The van der Waals surface area contributed by atoms with Crippen LogP contribution in [0.25, 0.3) is 10.3 Å². The average molecular weight is 270 g/mol. The second-order valence-electron chi connectivity index (χ2n) is 3.04. The Labute approximate surface area is 106 Å². The molecular formula is C9H10N4O2S2. The lowest BCUT2D eigenvalue weighted by molar-refractivity contribution is 0.0944. The molecule has 0 aromatic carbocycles. The average Bonchev–Trinajstić information content (AvgIpc) is 2.79. The van der Waals surface area contributed by atoms with Gasteiger partial charge in [-0.25, -0.2) is 15.0 Å². The lowest BCUT2D eigenvalue weighted by Crippen LogP contribution is -2.26. The molecule has 8 heteroatoms. The SMILES string of the molecule is CSc1ncnc2sc(C(=O)NCCO)nc12. The van der Waals surface area contributed by atoms with Crippen molar-refractivity contribution in [1.29, 1.82) is 0 Å². The zero-order chi connectivity index (χ0) is 12.3. The van der Waals surface area contributed by atoms with Crippen LogP contribution in [0.4, 0.5) is 0 Å². The van der Waals surface area contributed by atoms with Gasteiger partial charge in [0, 0.05) is 6.54 Å². The van der Waals surface area contributed by atoms with Gasteiger partial charge in [-0.05, 0) is 6.26 Å². The zero-order valence-electron chi connectivity index (χ0n) is 9.01. The van der Waals surface area contributed by atoms with Crippen molar-refractivity contribution in [3.63, 3.8) is 0 Å². The van der Waals surface area contributed by atoms with Gasteiger partial charge in [-0.3, -0.25) is 4.79 Å². The standard InChI is InChI=1S/C9H10N4O2S2/c1-16-7-5-8(12-4-11-7)17-9(13-5)6(15)10-2-3-14/h4,14H,2-3H2,1H3,(H,10,15). The van der Waals surface area contributed by atoms with Gasteiger partial charge < -0.3 is 10.4 Å². The molecule has 0 aliphatic rings. The number of thiazole rings is 1. The van der Waals surface area contributed by atoms with Crippen LogP contribution in [0, 0.1) is 0 Å². The number of aromatic nitrogens is 3. The number of carbonyl (C=O) groups is 1. The smallest absolute Gasteiger partial charge is 0.280 e. The van der Waals surface area contributed by atoms with Crippen molar-refractivity contribution in [2.24, 2.45) is 0 Å². The van der Waals surface area contributed by atoms with E-state index >= 15 is 0 Å². The molecule has 17 heavy (non-hydrogen) atoms. The van der Waals surface area contributed by atoms with E-state index in [0.29, 0.717) is 15.4 Å². The van der Waals surface area contributed by atoms with Crippen LogP contribution in [-0.2, 0) is 0 Å². The van der Waals surface area contributed by atoms with Crippen LogP contribution in [0.5, 0.6) is 0 Å². The molecule has 0 aliphatic carbocycles. The van der Waals surface area contributed by atoms with Crippen LogP contribution in [0.2, 0.25) is 0 Å². The van der Waals surface area contributed by atoms with Gasteiger partial charge in [0.2, 0.25) is 0 Å². The van der Waals surface area contributed by atoms with Crippen molar-refractivity contribution in [2.45, 2.75) is 5.03 Å². The minimum absolute atomic E-state index is 0.0908. The normalized spacial score (nSPS) is 10.7. The number of amides is 1. The summed E-state index contributed by atoms with van der Waals surface area (Å²) in [7, 11) is 0. The number of aliphatic hydroxyl groups excluding tert-OH is 1. The van der Waals surface area contributed by atoms with Gasteiger partial charge in [0.15, 0.2) is 5.01 Å². The summed E-state index contributed by atoms with van der Waals surface area (Å²) >= 11 is 2.68. The first-order valence-electron chi connectivity index (χ1n) is 4.81. The summed E-state index contributed by atoms with van der Waals surface area (Å²) < 4.78 is 0. The number of fused-ring (bicyclic) bond motifs is 1. The first-order valence-corrected chi connectivity index (χ1v) is 6.85. The highest BCUT2D eigenvalue weighted by Gasteiger charge is 2.14. The van der Waals surface area contributed by atoms with Crippen LogP contribution < -0.4 is 5.32 Å². The summed E-state index contributed by atoms with van der Waals surface area (Å²) in [5, 5.41) is 12.3. The Morgan fingerprint density at radius 3 is 3.12 bits per heavy atom. The van der Waals surface area contributed by atoms with E-state index in [-0.39, 0.29) is 19.1 Å². The minimum atomic E-state index is -0.297. The Morgan fingerprint density at radius 2 is 2.41 bits per heavy atom. The molecule has 2 aromatic rings. The predicted octanol–water partition coefficient (Wildman–Crippen LogP) is 0.530. The van der Waals surface area contributed by atoms with Gasteiger partial charge >= 0.3 is 0 Å². The molecule has 0 unspecified atom stereocenters. The quantitative estimate of drug-likeness (QED) is 0.622. The molecule has 2 N–H and O–H groups in total. The lowest BCUT2D eigenvalue weighted by Gasteiger charge is -1.97. The number of carbonyl (C=O) groups excluding carboxylic acids is 1. The third kappa shape index (κ3) is 2.54. The number of aliphatic hydroxyl groups is 1. The van der Waals surface area contributed by atoms with E-state index in [1.807, 2.05) is 6.26 Å². The number of hydrogen-bond acceptors (Lipinski definition) is 7. The van der Waals surface area contributed by atoms with Gasteiger partial charge in [0.05, 0.1) is 6.61 Å². The summed E-state index contributed by atoms with van der Waals surface area (Å²) in [6.45, 7) is 0.127. The maximum atomic E-state index is 11.6. The molecule has 0 aliphatic heterocycles. The first-order chi connectivity index (χ1) is 8.26. The van der Waals surface area contributed by atoms with Crippen LogP contribution in [0.3, 0.4) is 0 Å². The monoisotopic (exact) mass is 270 g/mol. The van der Waals surface area contributed by atoms with E-state index in [1.54, 1.807) is 0 Å². The molecule has 0 atom stereocenters. The van der Waals surface area contributed by atoms with Crippen LogP contribution in [-0.4, -0.2) is 45.4 Å². The highest BCUT2D eigenvalue weighted by molar-refractivity contribution is 7.98. The van der Waals surface area contributed by atoms with E-state index in [2.05, 4.69) is 20.3 Å². The highest BCUT2D eigenvalue weighted by atomic mass is 32.2. The van der Waals surface area contributed by atoms with Crippen molar-refractivity contribution >= 4 is 39.4 Å². The van der Waals surface area contributed by atoms with Crippen molar-refractivity contribution in [3.8, 4) is 0 Å². The van der Waals surface area contributed by atoms with Gasteiger partial charge in [0.1, 0.15) is 21.7 Å². The number of nitrogens with one attached hydrogen (secondary N) is 1. The predicted molar refractivity (Wildman–Crippen MR) is 66.4 cm³/mol. The Bertz CT molecular complexity index is 543. The van der Waals surface area contributed by atoms with Crippen molar-refractivity contribution in [3.05, 3.63) is 11.3 Å². The summed E-state index contributed by atoms with van der Waals surface area (Å²) in [6, 6.07) is 0. The Kier molecular flexibility index (Phi) is 3.87. The van der Waals surface area contributed by atoms with Crippen LogP contribution in [0.1, 0.15) is 9.80 Å². The summed E-state index contributed by atoms with van der Waals surface area (Å²) in [5.41, 5.74) is 0.652. The molecule has 90 valence electrons. The molecule has 1 amide bonds. The summed E-state index contributed by atoms with van der Waals surface area (Å²) in [4.78, 5) is 24.7. The Balaban J connectivity index is 2.34. The van der Waals surface area contributed by atoms with Gasteiger partial charge in [-0.15, -0.1) is 11.8 Å². The van der Waals surface area contributed by atoms with E-state index in [9.17, 15) is 4.79 Å². The third-order valence-electron chi connectivity index (χ3n) is 1.95. The minimum Gasteiger partial charge on any atom is -0.395 e. The van der Waals surface area contributed by atoms with Crippen LogP contribution >= 0.6 is 23.1 Å². The molecule has 0 bridgehead atoms. The molecule has 0 spiro atoms. The number of nitrogens with zero attached hydrogens (tertiary/aromatic N) is 3. The third-order valence-corrected chi connectivity index (χ3v) is 3.59. The molecule has 0 saturated heterocycles. The van der Waals surface area contributed by atoms with Crippen molar-refractivity contribution in [2.75, 3.05) is 19.4 Å². The zero-order valence-corrected chi connectivity index (χ0v) is 10.6. The van der Waals surface area contributed by atoms with E-state index < -0.39 is 0 Å². The summed E-state index contributed by atoms with van der Waals surface area (Å²) in [5.74, 6) is -0.297. The van der Waals surface area contributed by atoms with Gasteiger partial charge in [-0.1, -0.05) is 11.3 Å². The maximum absolute atomic E-state index is 11.6. The molecule has 2 aromatic heterocycles. The summed E-state index contributed by atoms with van der Waals surface area (Å²) in [6.07, 6.45) is 3.36. The molecule has 6 nitrogen and oxygen atoms in total. The second kappa shape index (κ2) is 5.39. The van der Waals surface area contributed by atoms with E-state index in [0.717, 1.165) is 5.03 Å². The molecule has 2 heterocycles. The lowest BCUT2D eigenvalue weighted by atomic mass is 10.5. The van der Waals surface area contributed by atoms with Gasteiger partial charge in [0.25, 0.3) is 5.91 Å². The van der Waals surface area contributed by atoms with Crippen molar-refractivity contribution < 1.29 is 9.90 Å². The van der Waals surface area contributed by atoms with Crippen LogP contribution in [0.15, 0.2) is 11.4 Å². The van der Waals surface area contributed by atoms with E-state index in [4.69, 9.17) is 5.11 Å². The van der Waals surface area contributed by atoms with E-state index in [1.165, 1.54) is 29.4 Å².